The van der Waals surface area contributed by atoms with Gasteiger partial charge in [0.05, 0.1) is 16.2 Å². The number of hydrogen-bond donors (Lipinski definition) is 1. The first-order chi connectivity index (χ1) is 16.9. The Kier molecular flexibility index (Phi) is 6.71. The van der Waals surface area contributed by atoms with E-state index in [0.29, 0.717) is 21.3 Å². The van der Waals surface area contributed by atoms with E-state index in [0.717, 1.165) is 22.6 Å². The topological polar surface area (TPSA) is 74.9 Å². The van der Waals surface area contributed by atoms with Gasteiger partial charge in [-0.1, -0.05) is 39.0 Å². The largest absolute Gasteiger partial charge is 0.478 e. The molecule has 0 saturated carbocycles. The van der Waals surface area contributed by atoms with Crippen molar-refractivity contribution in [2.75, 3.05) is 7.05 Å². The third-order valence-corrected chi connectivity index (χ3v) is 7.56. The lowest BCUT2D eigenvalue weighted by atomic mass is 9.87. The molecule has 0 spiro atoms. The smallest absolute Gasteiger partial charge is 0.336 e. The molecule has 2 heterocycles. The van der Waals surface area contributed by atoms with E-state index < -0.39 is 5.97 Å². The highest BCUT2D eigenvalue weighted by atomic mass is 32.2. The van der Waals surface area contributed by atoms with Gasteiger partial charge in [-0.3, -0.25) is 9.69 Å². The molecule has 2 aromatic carbocycles. The molecule has 1 saturated heterocycles. The van der Waals surface area contributed by atoms with Gasteiger partial charge in [0, 0.05) is 24.1 Å². The average molecular weight is 502 g/mol. The molecule has 7 heteroatoms. The normalized spacial score (nSPS) is 16.4. The molecule has 1 aliphatic rings. The van der Waals surface area contributed by atoms with Crippen LogP contribution in [-0.4, -0.2) is 38.7 Å². The van der Waals surface area contributed by atoms with Gasteiger partial charge in [-0.05, 0) is 91.0 Å². The predicted molar refractivity (Wildman–Crippen MR) is 148 cm³/mol. The first-order valence-corrected chi connectivity index (χ1v) is 12.6. The Labute approximate surface area is 216 Å². The fourth-order valence-corrected chi connectivity index (χ4v) is 5.28. The van der Waals surface area contributed by atoms with Gasteiger partial charge in [0.2, 0.25) is 0 Å². The number of amides is 1. The van der Waals surface area contributed by atoms with Crippen LogP contribution in [0.15, 0.2) is 58.4 Å². The summed E-state index contributed by atoms with van der Waals surface area (Å²) in [6.07, 6.45) is 1.91. The summed E-state index contributed by atoms with van der Waals surface area (Å²) < 4.78 is 2.20. The highest BCUT2D eigenvalue weighted by Gasteiger charge is 2.31. The highest BCUT2D eigenvalue weighted by Crippen LogP contribution is 2.35. The number of likely N-dealkylation sites (N-methyl/N-ethyl adjacent to an activating group) is 1. The van der Waals surface area contributed by atoms with Gasteiger partial charge in [0.25, 0.3) is 5.91 Å². The van der Waals surface area contributed by atoms with Crippen molar-refractivity contribution in [1.82, 2.24) is 9.47 Å². The van der Waals surface area contributed by atoms with Gasteiger partial charge in [0.1, 0.15) is 0 Å². The van der Waals surface area contributed by atoms with Crippen molar-refractivity contribution in [3.05, 3.63) is 87.1 Å². The number of aromatic nitrogens is 1. The zero-order valence-corrected chi connectivity index (χ0v) is 22.5. The van der Waals surface area contributed by atoms with E-state index in [1.807, 2.05) is 6.08 Å². The molecule has 186 valence electrons. The van der Waals surface area contributed by atoms with Crippen LogP contribution < -0.4 is 0 Å². The van der Waals surface area contributed by atoms with E-state index in [-0.39, 0.29) is 16.9 Å². The third kappa shape index (κ3) is 4.75. The van der Waals surface area contributed by atoms with Crippen molar-refractivity contribution in [2.45, 2.75) is 47.0 Å². The summed E-state index contributed by atoms with van der Waals surface area (Å²) in [6, 6.07) is 15.7. The second kappa shape index (κ2) is 9.47. The number of carbonyl (C=O) groups is 2. The SMILES string of the molecule is Cc1c(N=C2S/C(=C\c3cc(C)n(-c4ccc(C(C)(C)C)cc4)c3C)C(=O)N2C)cccc1C(=O)O. The van der Waals surface area contributed by atoms with E-state index in [4.69, 9.17) is 0 Å². The van der Waals surface area contributed by atoms with Gasteiger partial charge in [-0.2, -0.15) is 0 Å². The second-order valence-electron chi connectivity index (χ2n) is 10.1. The Morgan fingerprint density at radius 1 is 1.06 bits per heavy atom. The van der Waals surface area contributed by atoms with Crippen molar-refractivity contribution in [3.63, 3.8) is 0 Å². The molecule has 1 amide bonds. The minimum absolute atomic E-state index is 0.0910. The summed E-state index contributed by atoms with van der Waals surface area (Å²) in [6.45, 7) is 12.5. The molecule has 0 radical (unpaired) electrons. The number of carbonyl (C=O) groups excluding carboxylic acids is 1. The van der Waals surface area contributed by atoms with Crippen molar-refractivity contribution in [1.29, 1.82) is 0 Å². The number of aryl methyl sites for hydroxylation is 1. The van der Waals surface area contributed by atoms with Crippen LogP contribution in [0.4, 0.5) is 5.69 Å². The molecule has 1 aliphatic heterocycles. The summed E-state index contributed by atoms with van der Waals surface area (Å²) in [5.41, 5.74) is 6.87. The molecular weight excluding hydrogens is 470 g/mol. The van der Waals surface area contributed by atoms with Gasteiger partial charge < -0.3 is 9.67 Å². The van der Waals surface area contributed by atoms with Crippen LogP contribution in [0.1, 0.15) is 59.2 Å². The zero-order chi connectivity index (χ0) is 26.4. The molecule has 0 atom stereocenters. The van der Waals surface area contributed by atoms with E-state index in [9.17, 15) is 14.7 Å². The minimum atomic E-state index is -0.998. The molecule has 0 bridgehead atoms. The zero-order valence-electron chi connectivity index (χ0n) is 21.7. The first kappa shape index (κ1) is 25.5. The number of carboxylic acids is 1. The van der Waals surface area contributed by atoms with E-state index in [2.05, 4.69) is 74.5 Å². The number of rotatable bonds is 4. The lowest BCUT2D eigenvalue weighted by Gasteiger charge is -2.20. The molecule has 1 fully saturated rings. The quantitative estimate of drug-likeness (QED) is 0.407. The summed E-state index contributed by atoms with van der Waals surface area (Å²) >= 11 is 1.29. The molecule has 1 aromatic heterocycles. The molecule has 4 rings (SSSR count). The lowest BCUT2D eigenvalue weighted by Crippen LogP contribution is -2.23. The van der Waals surface area contributed by atoms with Gasteiger partial charge in [0.15, 0.2) is 5.17 Å². The Morgan fingerprint density at radius 2 is 1.72 bits per heavy atom. The molecule has 3 aromatic rings. The van der Waals surface area contributed by atoms with E-state index >= 15 is 0 Å². The maximum Gasteiger partial charge on any atom is 0.336 e. The molecule has 6 nitrogen and oxygen atoms in total. The monoisotopic (exact) mass is 501 g/mol. The molecule has 1 N–H and O–H groups in total. The average Bonchev–Trinajstić information content (AvgIpc) is 3.24. The van der Waals surface area contributed by atoms with Gasteiger partial charge >= 0.3 is 5.97 Å². The van der Waals surface area contributed by atoms with E-state index in [1.165, 1.54) is 22.2 Å². The minimum Gasteiger partial charge on any atom is -0.478 e. The maximum absolute atomic E-state index is 13.0. The standard InChI is InChI=1S/C29H31N3O3S/c1-17-15-20(19(3)32(17)22-13-11-21(12-14-22)29(4,5)6)16-25-26(33)31(7)28(36-25)30-24-10-8-9-23(18(24)2)27(34)35/h8-16H,1-7H3,(H,34,35)/b25-16-,30-28?. The van der Waals surface area contributed by atoms with Crippen LogP contribution >= 0.6 is 11.8 Å². The second-order valence-corrected chi connectivity index (χ2v) is 11.1. The number of carboxylic acid groups (broad SMARTS) is 1. The molecule has 0 unspecified atom stereocenters. The van der Waals surface area contributed by atoms with Crippen LogP contribution in [0.3, 0.4) is 0 Å². The number of nitrogens with zero attached hydrogens (tertiary/aromatic N) is 3. The fraction of sp³-hybridized carbons (Fsp3) is 0.276. The molecular formula is C29H31N3O3S. The Hall–Kier alpha value is -3.58. The first-order valence-electron chi connectivity index (χ1n) is 11.8. The van der Waals surface area contributed by atoms with Crippen LogP contribution in [0.5, 0.6) is 0 Å². The predicted octanol–water partition coefficient (Wildman–Crippen LogP) is 6.63. The van der Waals surface area contributed by atoms with Crippen molar-refractivity contribution < 1.29 is 14.7 Å². The number of thioether (sulfide) groups is 1. The number of benzene rings is 2. The number of amidine groups is 1. The maximum atomic E-state index is 13.0. The number of hydrogen-bond acceptors (Lipinski definition) is 4. The van der Waals surface area contributed by atoms with Crippen molar-refractivity contribution in [3.8, 4) is 5.69 Å². The summed E-state index contributed by atoms with van der Waals surface area (Å²) in [5.74, 6) is -1.13. The van der Waals surface area contributed by atoms with Gasteiger partial charge in [-0.15, -0.1) is 0 Å². The van der Waals surface area contributed by atoms with Crippen LogP contribution in [0, 0.1) is 20.8 Å². The Morgan fingerprint density at radius 3 is 2.33 bits per heavy atom. The third-order valence-electron chi connectivity index (χ3n) is 6.50. The molecule has 0 aliphatic carbocycles. The van der Waals surface area contributed by atoms with Crippen LogP contribution in [0.2, 0.25) is 0 Å². The summed E-state index contributed by atoms with van der Waals surface area (Å²) in [4.78, 5) is 31.2. The van der Waals surface area contributed by atoms with Crippen LogP contribution in [-0.2, 0) is 10.2 Å². The lowest BCUT2D eigenvalue weighted by molar-refractivity contribution is -0.121. The van der Waals surface area contributed by atoms with Gasteiger partial charge in [-0.25, -0.2) is 9.79 Å². The Balaban J connectivity index is 1.67. The fourth-order valence-electron chi connectivity index (χ4n) is 4.31. The van der Waals surface area contributed by atoms with E-state index in [1.54, 1.807) is 32.2 Å². The summed E-state index contributed by atoms with van der Waals surface area (Å²) in [5, 5.41) is 9.92. The number of aromatic carboxylic acids is 1. The van der Waals surface area contributed by atoms with Crippen LogP contribution in [0.25, 0.3) is 11.8 Å². The van der Waals surface area contributed by atoms with Crippen molar-refractivity contribution in [2.24, 2.45) is 4.99 Å². The molecule has 36 heavy (non-hydrogen) atoms. The van der Waals surface area contributed by atoms with Crippen molar-refractivity contribution >= 4 is 40.6 Å². The summed E-state index contributed by atoms with van der Waals surface area (Å²) in [7, 11) is 1.69. The Bertz CT molecular complexity index is 1420. The number of aliphatic imine (C=N–C) groups is 1. The highest BCUT2D eigenvalue weighted by molar-refractivity contribution is 8.18.